The van der Waals surface area contributed by atoms with Gasteiger partial charge in [-0.2, -0.15) is 10.2 Å². The van der Waals surface area contributed by atoms with Crippen molar-refractivity contribution in [2.75, 3.05) is 5.32 Å². The molecule has 0 aliphatic carbocycles. The summed E-state index contributed by atoms with van der Waals surface area (Å²) in [7, 11) is 0. The van der Waals surface area contributed by atoms with Gasteiger partial charge in [0, 0.05) is 5.39 Å². The topological polar surface area (TPSA) is 75.6 Å². The second-order valence-corrected chi connectivity index (χ2v) is 6.37. The molecule has 6 nitrogen and oxygen atoms in total. The molecule has 4 aromatic rings. The van der Waals surface area contributed by atoms with Gasteiger partial charge in [0.25, 0.3) is 5.91 Å². The van der Waals surface area contributed by atoms with Crippen LogP contribution >= 0.6 is 0 Å². The van der Waals surface area contributed by atoms with E-state index in [4.69, 9.17) is 0 Å². The quantitative estimate of drug-likeness (QED) is 0.591. The molecule has 0 spiro atoms. The summed E-state index contributed by atoms with van der Waals surface area (Å²) in [6.45, 7) is 5.82. The van der Waals surface area contributed by atoms with E-state index in [0.717, 1.165) is 33.5 Å². The summed E-state index contributed by atoms with van der Waals surface area (Å²) < 4.78 is 1.83. The molecule has 0 fully saturated rings. The Morgan fingerprint density at radius 1 is 1.08 bits per heavy atom. The van der Waals surface area contributed by atoms with Gasteiger partial charge < -0.3 is 5.32 Å². The number of nitrogens with one attached hydrogen (secondary N) is 2. The van der Waals surface area contributed by atoms with Gasteiger partial charge >= 0.3 is 0 Å². The zero-order valence-electron chi connectivity index (χ0n) is 14.9. The molecule has 0 unspecified atom stereocenters. The average Bonchev–Trinajstić information content (AvgIpc) is 3.18. The first-order valence-electron chi connectivity index (χ1n) is 8.42. The maximum absolute atomic E-state index is 12.8. The van der Waals surface area contributed by atoms with Crippen LogP contribution in [0.3, 0.4) is 0 Å². The number of H-pyrrole nitrogens is 1. The fourth-order valence-electron chi connectivity index (χ4n) is 3.12. The van der Waals surface area contributed by atoms with E-state index in [1.165, 1.54) is 0 Å². The molecule has 0 bridgehead atoms. The molecular formula is C20H19N5O. The van der Waals surface area contributed by atoms with Crippen LogP contribution < -0.4 is 5.32 Å². The van der Waals surface area contributed by atoms with Gasteiger partial charge in [-0.05, 0) is 45.0 Å². The molecule has 2 aromatic heterocycles. The van der Waals surface area contributed by atoms with Crippen LogP contribution in [0.25, 0.3) is 16.6 Å². The number of carbonyl (C=O) groups excluding carboxylic acids is 1. The standard InChI is InChI=1S/C20H19N5O/c1-12-9-10-17-16(11-12)19(23-22-17)20(26)21-18-13(2)24-25(14(18)3)15-7-5-4-6-8-15/h4-11H,1-3H3,(H,21,26)(H,22,23). The number of carbonyl (C=O) groups is 1. The largest absolute Gasteiger partial charge is 0.317 e. The lowest BCUT2D eigenvalue weighted by Crippen LogP contribution is -2.14. The maximum Gasteiger partial charge on any atom is 0.276 e. The third-order valence-corrected chi connectivity index (χ3v) is 4.46. The Labute approximate surface area is 150 Å². The molecule has 0 saturated carbocycles. The second kappa shape index (κ2) is 6.15. The summed E-state index contributed by atoms with van der Waals surface area (Å²) >= 11 is 0. The third kappa shape index (κ3) is 2.65. The number of aryl methyl sites for hydroxylation is 2. The number of hydrogen-bond acceptors (Lipinski definition) is 3. The summed E-state index contributed by atoms with van der Waals surface area (Å²) in [6.07, 6.45) is 0. The SMILES string of the molecule is Cc1ccc2[nH]nc(C(=O)Nc3c(C)nn(-c4ccccc4)c3C)c2c1. The van der Waals surface area contributed by atoms with Crippen molar-refractivity contribution < 1.29 is 4.79 Å². The van der Waals surface area contributed by atoms with E-state index >= 15 is 0 Å². The number of rotatable bonds is 3. The summed E-state index contributed by atoms with van der Waals surface area (Å²) in [5.74, 6) is -0.249. The highest BCUT2D eigenvalue weighted by atomic mass is 16.2. The normalized spacial score (nSPS) is 11.0. The number of aromatic amines is 1. The van der Waals surface area contributed by atoms with E-state index in [-0.39, 0.29) is 5.91 Å². The van der Waals surface area contributed by atoms with Crippen LogP contribution in [0.2, 0.25) is 0 Å². The minimum Gasteiger partial charge on any atom is -0.317 e. The fraction of sp³-hybridized carbons (Fsp3) is 0.150. The molecule has 2 N–H and O–H groups in total. The molecule has 130 valence electrons. The van der Waals surface area contributed by atoms with E-state index in [1.807, 2.05) is 74.0 Å². The zero-order valence-corrected chi connectivity index (χ0v) is 14.9. The Morgan fingerprint density at radius 3 is 2.62 bits per heavy atom. The number of fused-ring (bicyclic) bond motifs is 1. The number of amides is 1. The lowest BCUT2D eigenvalue weighted by Gasteiger charge is -2.06. The number of hydrogen-bond donors (Lipinski definition) is 2. The van der Waals surface area contributed by atoms with Crippen molar-refractivity contribution in [2.45, 2.75) is 20.8 Å². The van der Waals surface area contributed by atoms with Crippen molar-refractivity contribution >= 4 is 22.5 Å². The molecule has 0 saturated heterocycles. The van der Waals surface area contributed by atoms with Gasteiger partial charge in [0.1, 0.15) is 0 Å². The Kier molecular flexibility index (Phi) is 3.80. The predicted octanol–water partition coefficient (Wildman–Crippen LogP) is 3.93. The summed E-state index contributed by atoms with van der Waals surface area (Å²) in [6, 6.07) is 15.7. The second-order valence-electron chi connectivity index (χ2n) is 6.37. The highest BCUT2D eigenvalue weighted by Crippen LogP contribution is 2.24. The molecule has 0 atom stereocenters. The number of nitrogens with zero attached hydrogens (tertiary/aromatic N) is 3. The van der Waals surface area contributed by atoms with Crippen LogP contribution in [-0.2, 0) is 0 Å². The van der Waals surface area contributed by atoms with Crippen LogP contribution in [0.15, 0.2) is 48.5 Å². The molecule has 26 heavy (non-hydrogen) atoms. The molecule has 0 aliphatic rings. The van der Waals surface area contributed by atoms with Crippen molar-refractivity contribution in [2.24, 2.45) is 0 Å². The zero-order chi connectivity index (χ0) is 18.3. The smallest absolute Gasteiger partial charge is 0.276 e. The summed E-state index contributed by atoms with van der Waals surface area (Å²) in [4.78, 5) is 12.8. The third-order valence-electron chi connectivity index (χ3n) is 4.46. The number of benzene rings is 2. The monoisotopic (exact) mass is 345 g/mol. The van der Waals surface area contributed by atoms with Gasteiger partial charge in [0.15, 0.2) is 5.69 Å². The fourth-order valence-corrected chi connectivity index (χ4v) is 3.12. The Morgan fingerprint density at radius 2 is 1.85 bits per heavy atom. The first kappa shape index (κ1) is 16.1. The average molecular weight is 345 g/mol. The van der Waals surface area contributed by atoms with E-state index in [9.17, 15) is 4.79 Å². The van der Waals surface area contributed by atoms with Gasteiger partial charge in [-0.3, -0.25) is 9.89 Å². The summed E-state index contributed by atoms with van der Waals surface area (Å²) in [5, 5.41) is 15.5. The minimum absolute atomic E-state index is 0.249. The molecule has 4 rings (SSSR count). The Bertz CT molecular complexity index is 1110. The van der Waals surface area contributed by atoms with Crippen molar-refractivity contribution in [3.63, 3.8) is 0 Å². The van der Waals surface area contributed by atoms with E-state index in [1.54, 1.807) is 0 Å². The highest BCUT2D eigenvalue weighted by molar-refractivity contribution is 6.11. The van der Waals surface area contributed by atoms with Crippen molar-refractivity contribution in [1.29, 1.82) is 0 Å². The van der Waals surface area contributed by atoms with Crippen LogP contribution in [0.1, 0.15) is 27.4 Å². The van der Waals surface area contributed by atoms with Gasteiger partial charge in [-0.1, -0.05) is 29.8 Å². The molecule has 0 radical (unpaired) electrons. The van der Waals surface area contributed by atoms with Crippen molar-refractivity contribution in [3.05, 3.63) is 71.2 Å². The van der Waals surface area contributed by atoms with E-state index in [0.29, 0.717) is 11.4 Å². The molecule has 6 heteroatoms. The molecule has 1 amide bonds. The molecule has 0 aliphatic heterocycles. The van der Waals surface area contributed by atoms with Crippen LogP contribution in [0, 0.1) is 20.8 Å². The van der Waals surface area contributed by atoms with Crippen molar-refractivity contribution in [1.82, 2.24) is 20.0 Å². The van der Waals surface area contributed by atoms with E-state index in [2.05, 4.69) is 20.6 Å². The predicted molar refractivity (Wildman–Crippen MR) is 102 cm³/mol. The van der Waals surface area contributed by atoms with Crippen LogP contribution in [0.4, 0.5) is 5.69 Å². The molecule has 2 heterocycles. The number of aromatic nitrogens is 4. The Hall–Kier alpha value is -3.41. The van der Waals surface area contributed by atoms with E-state index < -0.39 is 0 Å². The minimum atomic E-state index is -0.249. The first-order valence-corrected chi connectivity index (χ1v) is 8.42. The molecular weight excluding hydrogens is 326 g/mol. The van der Waals surface area contributed by atoms with Gasteiger partial charge in [0.2, 0.25) is 0 Å². The maximum atomic E-state index is 12.8. The van der Waals surface area contributed by atoms with Gasteiger partial charge in [0.05, 0.1) is 28.3 Å². The van der Waals surface area contributed by atoms with Crippen LogP contribution in [0.5, 0.6) is 0 Å². The van der Waals surface area contributed by atoms with Crippen molar-refractivity contribution in [3.8, 4) is 5.69 Å². The lowest BCUT2D eigenvalue weighted by atomic mass is 10.1. The first-order chi connectivity index (χ1) is 12.5. The Balaban J connectivity index is 1.70. The highest BCUT2D eigenvalue weighted by Gasteiger charge is 2.19. The number of para-hydroxylation sites is 1. The summed E-state index contributed by atoms with van der Waals surface area (Å²) in [5.41, 5.74) is 5.60. The lowest BCUT2D eigenvalue weighted by molar-refractivity contribution is 0.102. The number of anilines is 1. The van der Waals surface area contributed by atoms with Gasteiger partial charge in [-0.25, -0.2) is 4.68 Å². The van der Waals surface area contributed by atoms with Crippen LogP contribution in [-0.4, -0.2) is 25.9 Å². The molecule has 2 aromatic carbocycles. The van der Waals surface area contributed by atoms with Gasteiger partial charge in [-0.15, -0.1) is 0 Å².